The van der Waals surface area contributed by atoms with E-state index in [9.17, 15) is 8.42 Å². The molecule has 0 unspecified atom stereocenters. The van der Waals surface area contributed by atoms with Crippen LogP contribution in [0.5, 0.6) is 0 Å². The molecule has 2 N–H and O–H groups in total. The van der Waals surface area contributed by atoms with Crippen molar-refractivity contribution >= 4 is 54.7 Å². The van der Waals surface area contributed by atoms with Crippen molar-refractivity contribution in [2.24, 2.45) is 0 Å². The average Bonchev–Trinajstić information content (AvgIpc) is 3.10. The fourth-order valence-electron chi connectivity index (χ4n) is 2.96. The van der Waals surface area contributed by atoms with Crippen molar-refractivity contribution in [3.63, 3.8) is 0 Å². The minimum Gasteiger partial charge on any atom is -0.365 e. The van der Waals surface area contributed by atoms with Crippen LogP contribution < -0.4 is 10.0 Å². The monoisotopic (exact) mass is 444 g/mol. The fraction of sp³-hybridized carbons (Fsp3) is 0.100. The number of nitrogens with zero attached hydrogens (tertiary/aromatic N) is 2. The van der Waals surface area contributed by atoms with Gasteiger partial charge in [0.15, 0.2) is 0 Å². The molecule has 0 aliphatic rings. The molecule has 0 aliphatic heterocycles. The Hall–Kier alpha value is -2.68. The average molecular weight is 445 g/mol. The Balaban J connectivity index is 1.62. The van der Waals surface area contributed by atoms with Crippen LogP contribution in [0.2, 0.25) is 5.28 Å². The van der Waals surface area contributed by atoms with Gasteiger partial charge >= 0.3 is 0 Å². The van der Waals surface area contributed by atoms with Gasteiger partial charge in [-0.25, -0.2) is 18.4 Å². The van der Waals surface area contributed by atoms with Gasteiger partial charge in [-0.15, -0.1) is 11.3 Å². The summed E-state index contributed by atoms with van der Waals surface area (Å²) in [6, 6.07) is 17.2. The topological polar surface area (TPSA) is 84.0 Å². The molecule has 0 bridgehead atoms. The summed E-state index contributed by atoms with van der Waals surface area (Å²) < 4.78 is 25.1. The minimum atomic E-state index is -3.30. The van der Waals surface area contributed by atoms with Crippen LogP contribution in [-0.4, -0.2) is 24.6 Å². The molecule has 0 saturated carbocycles. The lowest BCUT2D eigenvalue weighted by Crippen LogP contribution is -2.09. The van der Waals surface area contributed by atoms with Crippen molar-refractivity contribution < 1.29 is 8.42 Å². The van der Waals surface area contributed by atoms with Gasteiger partial charge in [0, 0.05) is 23.2 Å². The molecule has 4 aromatic rings. The largest absolute Gasteiger partial charge is 0.365 e. The van der Waals surface area contributed by atoms with Crippen LogP contribution in [0, 0.1) is 0 Å². The number of hydrogen-bond acceptors (Lipinski definition) is 6. The molecule has 0 saturated heterocycles. The van der Waals surface area contributed by atoms with Crippen LogP contribution in [0.1, 0.15) is 5.56 Å². The zero-order chi connectivity index (χ0) is 20.4. The van der Waals surface area contributed by atoms with E-state index in [0.29, 0.717) is 18.1 Å². The van der Waals surface area contributed by atoms with E-state index in [2.05, 4.69) is 25.4 Å². The van der Waals surface area contributed by atoms with Gasteiger partial charge in [-0.3, -0.25) is 4.72 Å². The number of halogens is 1. The molecule has 6 nitrogen and oxygen atoms in total. The molecule has 0 fully saturated rings. The molecule has 0 spiro atoms. The Kier molecular flexibility index (Phi) is 5.40. The summed E-state index contributed by atoms with van der Waals surface area (Å²) in [6.45, 7) is 0.506. The zero-order valence-corrected chi connectivity index (χ0v) is 17.8. The normalized spacial score (nSPS) is 11.5. The quantitative estimate of drug-likeness (QED) is 0.409. The summed E-state index contributed by atoms with van der Waals surface area (Å²) in [5.74, 6) is 0.665. The first kappa shape index (κ1) is 19.6. The fourth-order valence-corrected chi connectivity index (χ4v) is 4.69. The zero-order valence-electron chi connectivity index (χ0n) is 15.4. The van der Waals surface area contributed by atoms with Crippen molar-refractivity contribution in [3.8, 4) is 11.1 Å². The predicted molar refractivity (Wildman–Crippen MR) is 120 cm³/mol. The van der Waals surface area contributed by atoms with Crippen LogP contribution >= 0.6 is 22.9 Å². The molecule has 0 atom stereocenters. The van der Waals surface area contributed by atoms with Crippen molar-refractivity contribution in [1.29, 1.82) is 0 Å². The molecule has 2 heterocycles. The Morgan fingerprint density at radius 1 is 1.03 bits per heavy atom. The van der Waals surface area contributed by atoms with Crippen LogP contribution in [-0.2, 0) is 16.6 Å². The summed E-state index contributed by atoms with van der Waals surface area (Å²) >= 11 is 7.65. The third-order valence-electron chi connectivity index (χ3n) is 4.21. The van der Waals surface area contributed by atoms with E-state index in [0.717, 1.165) is 33.2 Å². The second-order valence-electron chi connectivity index (χ2n) is 6.46. The molecule has 0 amide bonds. The maximum atomic E-state index is 11.3. The van der Waals surface area contributed by atoms with Gasteiger partial charge in [0.1, 0.15) is 10.6 Å². The van der Waals surface area contributed by atoms with E-state index in [1.807, 2.05) is 42.5 Å². The van der Waals surface area contributed by atoms with Gasteiger partial charge in [-0.05, 0) is 34.9 Å². The Morgan fingerprint density at radius 3 is 2.45 bits per heavy atom. The maximum absolute atomic E-state index is 11.3. The molecule has 2 aromatic heterocycles. The van der Waals surface area contributed by atoms with Crippen LogP contribution in [0.4, 0.5) is 11.5 Å². The smallest absolute Gasteiger partial charge is 0.229 e. The maximum Gasteiger partial charge on any atom is 0.229 e. The first-order valence-corrected chi connectivity index (χ1v) is 11.8. The van der Waals surface area contributed by atoms with Crippen LogP contribution in [0.3, 0.4) is 0 Å². The van der Waals surface area contributed by atoms with Crippen molar-refractivity contribution in [2.45, 2.75) is 6.54 Å². The SMILES string of the molecule is CS(=O)(=O)Nc1ccc(CNc2nc(Cl)nc3scc(-c4ccccc4)c23)cc1. The second-order valence-corrected chi connectivity index (χ2v) is 9.41. The number of thiophene rings is 1. The molecular formula is C20H17ClN4O2S2. The first-order valence-electron chi connectivity index (χ1n) is 8.70. The van der Waals surface area contributed by atoms with Gasteiger partial charge in [0.05, 0.1) is 11.6 Å². The number of aromatic nitrogens is 2. The first-order chi connectivity index (χ1) is 13.9. The number of nitrogens with one attached hydrogen (secondary N) is 2. The molecule has 0 radical (unpaired) electrons. The Morgan fingerprint density at radius 2 is 1.76 bits per heavy atom. The lowest BCUT2D eigenvalue weighted by atomic mass is 10.1. The Labute approximate surface area is 177 Å². The molecule has 0 aliphatic carbocycles. The summed E-state index contributed by atoms with van der Waals surface area (Å²) in [6.07, 6.45) is 1.12. The lowest BCUT2D eigenvalue weighted by molar-refractivity contribution is 0.607. The van der Waals surface area contributed by atoms with Crippen LogP contribution in [0.25, 0.3) is 21.3 Å². The third-order valence-corrected chi connectivity index (χ3v) is 5.86. The number of hydrogen-bond donors (Lipinski definition) is 2. The van der Waals surface area contributed by atoms with Gasteiger partial charge in [0.25, 0.3) is 0 Å². The summed E-state index contributed by atoms with van der Waals surface area (Å²) in [4.78, 5) is 9.57. The van der Waals surface area contributed by atoms with E-state index < -0.39 is 10.0 Å². The second kappa shape index (κ2) is 7.98. The van der Waals surface area contributed by atoms with Gasteiger partial charge in [-0.2, -0.15) is 0 Å². The number of rotatable bonds is 6. The van der Waals surface area contributed by atoms with Crippen molar-refractivity contribution in [2.75, 3.05) is 16.3 Å². The highest BCUT2D eigenvalue weighted by atomic mass is 35.5. The number of fused-ring (bicyclic) bond motifs is 1. The summed E-state index contributed by atoms with van der Waals surface area (Å²) in [7, 11) is -3.30. The standard InChI is InChI=1S/C20H17ClN4O2S2/c1-29(26,27)25-15-9-7-13(8-10-15)11-22-18-17-16(14-5-3-2-4-6-14)12-28-19(17)24-20(21)23-18/h2-10,12,25H,11H2,1H3,(H,22,23,24). The van der Waals surface area contributed by atoms with E-state index >= 15 is 0 Å². The Bertz CT molecular complexity index is 1260. The van der Waals surface area contributed by atoms with Gasteiger partial charge < -0.3 is 5.32 Å². The number of benzene rings is 2. The summed E-state index contributed by atoms with van der Waals surface area (Å²) in [5, 5.41) is 6.52. The molecule has 2 aromatic carbocycles. The highest BCUT2D eigenvalue weighted by molar-refractivity contribution is 7.92. The van der Waals surface area contributed by atoms with Crippen LogP contribution in [0.15, 0.2) is 60.0 Å². The molecule has 9 heteroatoms. The highest BCUT2D eigenvalue weighted by Gasteiger charge is 2.15. The third kappa shape index (κ3) is 4.67. The predicted octanol–water partition coefficient (Wildman–Crippen LogP) is 5.00. The number of anilines is 2. The highest BCUT2D eigenvalue weighted by Crippen LogP contribution is 2.37. The molecule has 4 rings (SSSR count). The number of sulfonamides is 1. The van der Waals surface area contributed by atoms with Gasteiger partial charge in [0.2, 0.25) is 15.3 Å². The van der Waals surface area contributed by atoms with Gasteiger partial charge in [-0.1, -0.05) is 42.5 Å². The van der Waals surface area contributed by atoms with E-state index in [1.54, 1.807) is 12.1 Å². The molecule has 148 valence electrons. The lowest BCUT2D eigenvalue weighted by Gasteiger charge is -2.10. The van der Waals surface area contributed by atoms with Crippen molar-refractivity contribution in [3.05, 3.63) is 70.8 Å². The summed E-state index contributed by atoms with van der Waals surface area (Å²) in [5.41, 5.74) is 3.64. The van der Waals surface area contributed by atoms with E-state index in [-0.39, 0.29) is 5.28 Å². The van der Waals surface area contributed by atoms with E-state index in [1.165, 1.54) is 11.3 Å². The molecular weight excluding hydrogens is 428 g/mol. The van der Waals surface area contributed by atoms with Crippen molar-refractivity contribution in [1.82, 2.24) is 9.97 Å². The minimum absolute atomic E-state index is 0.189. The van der Waals surface area contributed by atoms with E-state index in [4.69, 9.17) is 11.6 Å². The molecule has 29 heavy (non-hydrogen) atoms.